The Labute approximate surface area is 109 Å². The lowest BCUT2D eigenvalue weighted by molar-refractivity contribution is -0.147. The summed E-state index contributed by atoms with van der Waals surface area (Å²) in [7, 11) is 1.43. The van der Waals surface area contributed by atoms with E-state index in [2.05, 4.69) is 0 Å². The molecule has 18 heavy (non-hydrogen) atoms. The second-order valence-corrected chi connectivity index (χ2v) is 4.15. The number of aliphatic carboxylic acids is 1. The lowest BCUT2D eigenvalue weighted by atomic mass is 9.97. The third-order valence-corrected chi connectivity index (χ3v) is 2.99. The zero-order valence-electron chi connectivity index (χ0n) is 9.88. The van der Waals surface area contributed by atoms with Crippen LogP contribution in [0.2, 0.25) is 0 Å². The van der Waals surface area contributed by atoms with Crippen LogP contribution < -0.4 is 4.74 Å². The number of alkyl halides is 1. The Morgan fingerprint density at radius 1 is 1.33 bits per heavy atom. The van der Waals surface area contributed by atoms with Crippen molar-refractivity contribution in [3.8, 4) is 5.75 Å². The summed E-state index contributed by atoms with van der Waals surface area (Å²) in [5.41, 5.74) is 0.317. The molecule has 0 bridgehead atoms. The van der Waals surface area contributed by atoms with Crippen LogP contribution in [0.1, 0.15) is 29.5 Å². The minimum atomic E-state index is -1.73. The summed E-state index contributed by atoms with van der Waals surface area (Å²) in [6, 6.07) is 4.32. The number of hydrogen-bond acceptors (Lipinski definition) is 4. The molecule has 0 saturated carbocycles. The number of carbonyl (C=O) groups excluding carboxylic acids is 1. The Hall–Kier alpha value is -1.59. The van der Waals surface area contributed by atoms with Crippen molar-refractivity contribution in [3.05, 3.63) is 29.3 Å². The molecule has 5 nitrogen and oxygen atoms in total. The van der Waals surface area contributed by atoms with Gasteiger partial charge in [-0.1, -0.05) is 6.07 Å². The van der Waals surface area contributed by atoms with Crippen LogP contribution in [-0.2, 0) is 9.59 Å². The molecule has 0 aromatic heterocycles. The second-order valence-electron chi connectivity index (χ2n) is 3.71. The van der Waals surface area contributed by atoms with Crippen LogP contribution in [0.5, 0.6) is 5.75 Å². The number of hydrogen-bond donors (Lipinski definition) is 2. The van der Waals surface area contributed by atoms with Crippen molar-refractivity contribution < 1.29 is 24.5 Å². The molecule has 98 valence electrons. The van der Waals surface area contributed by atoms with E-state index in [-0.39, 0.29) is 16.9 Å². The molecule has 2 unspecified atom stereocenters. The number of carbonyl (C=O) groups is 2. The normalized spacial score (nSPS) is 13.8. The van der Waals surface area contributed by atoms with Crippen molar-refractivity contribution in [1.29, 1.82) is 0 Å². The molecule has 6 heteroatoms. The number of benzene rings is 1. The average Bonchev–Trinajstić information content (AvgIpc) is 2.35. The lowest BCUT2D eigenvalue weighted by Crippen LogP contribution is -2.15. The van der Waals surface area contributed by atoms with E-state index in [4.69, 9.17) is 21.4 Å². The van der Waals surface area contributed by atoms with E-state index in [1.165, 1.54) is 32.2 Å². The average molecular weight is 273 g/mol. The van der Waals surface area contributed by atoms with Gasteiger partial charge in [0.25, 0.3) is 0 Å². The van der Waals surface area contributed by atoms with Crippen LogP contribution in [0.4, 0.5) is 0 Å². The number of Topliss-reactive ketones (excluding diaryl/α,β-unsaturated/α-hetero) is 1. The smallest absolute Gasteiger partial charge is 0.337 e. The van der Waals surface area contributed by atoms with Gasteiger partial charge in [0.1, 0.15) is 11.1 Å². The fourth-order valence-corrected chi connectivity index (χ4v) is 1.69. The van der Waals surface area contributed by atoms with E-state index in [9.17, 15) is 14.7 Å². The van der Waals surface area contributed by atoms with E-state index >= 15 is 0 Å². The molecule has 0 amide bonds. The topological polar surface area (TPSA) is 83.8 Å². The van der Waals surface area contributed by atoms with Crippen LogP contribution in [0, 0.1) is 0 Å². The van der Waals surface area contributed by atoms with Crippen molar-refractivity contribution in [1.82, 2.24) is 0 Å². The van der Waals surface area contributed by atoms with Gasteiger partial charge in [-0.05, 0) is 30.2 Å². The first-order valence-corrected chi connectivity index (χ1v) is 5.55. The number of rotatable bonds is 5. The molecule has 0 aliphatic heterocycles. The van der Waals surface area contributed by atoms with Crippen molar-refractivity contribution in [3.63, 3.8) is 0 Å². The molecule has 0 heterocycles. The van der Waals surface area contributed by atoms with Gasteiger partial charge >= 0.3 is 5.97 Å². The van der Waals surface area contributed by atoms with Gasteiger partial charge in [0.05, 0.1) is 7.11 Å². The summed E-state index contributed by atoms with van der Waals surface area (Å²) in [4.78, 5) is 22.1. The molecule has 0 spiro atoms. The minimum Gasteiger partial charge on any atom is -0.497 e. The molecule has 1 rings (SSSR count). The Morgan fingerprint density at radius 2 is 1.94 bits per heavy atom. The largest absolute Gasteiger partial charge is 0.497 e. The molecule has 0 saturated heterocycles. The number of ketones is 1. The molecule has 0 aliphatic rings. The number of aliphatic hydroxyl groups excluding tert-OH is 1. The van der Waals surface area contributed by atoms with Crippen LogP contribution in [0.25, 0.3) is 0 Å². The first kappa shape index (κ1) is 14.5. The predicted octanol–water partition coefficient (Wildman–Crippen LogP) is 1.68. The highest BCUT2D eigenvalue weighted by Gasteiger charge is 2.25. The quantitative estimate of drug-likeness (QED) is 0.797. The van der Waals surface area contributed by atoms with Crippen LogP contribution in [0.15, 0.2) is 18.2 Å². The number of ether oxygens (including phenoxy) is 1. The molecule has 1 aromatic rings. The number of carboxylic acid groups (broad SMARTS) is 1. The molecule has 2 N–H and O–H groups in total. The molecular weight excluding hydrogens is 260 g/mol. The monoisotopic (exact) mass is 272 g/mol. The fourth-order valence-electron chi connectivity index (χ4n) is 1.50. The Morgan fingerprint density at radius 3 is 2.39 bits per heavy atom. The summed E-state index contributed by atoms with van der Waals surface area (Å²) >= 11 is 5.91. The maximum atomic E-state index is 11.3. The first-order valence-electron chi connectivity index (χ1n) is 5.11. The van der Waals surface area contributed by atoms with Gasteiger partial charge in [0.2, 0.25) is 0 Å². The standard InChI is InChI=1S/C12H13ClO5/c1-6(14)10(13)9-5-7(18-2)3-4-8(9)11(15)12(16)17/h3-5,10-11,15H,1-2H3,(H,16,17). The van der Waals surface area contributed by atoms with E-state index in [0.717, 1.165) is 0 Å². The van der Waals surface area contributed by atoms with Crippen molar-refractivity contribution in [2.75, 3.05) is 7.11 Å². The van der Waals surface area contributed by atoms with Gasteiger partial charge in [-0.3, -0.25) is 4.79 Å². The van der Waals surface area contributed by atoms with Gasteiger partial charge in [-0.15, -0.1) is 11.6 Å². The minimum absolute atomic E-state index is 0.0819. The highest BCUT2D eigenvalue weighted by atomic mass is 35.5. The van der Waals surface area contributed by atoms with E-state index < -0.39 is 17.5 Å². The zero-order valence-corrected chi connectivity index (χ0v) is 10.6. The number of carboxylic acids is 1. The van der Waals surface area contributed by atoms with E-state index in [0.29, 0.717) is 5.75 Å². The predicted molar refractivity (Wildman–Crippen MR) is 64.9 cm³/mol. The van der Waals surface area contributed by atoms with Gasteiger partial charge in [-0.25, -0.2) is 4.79 Å². The van der Waals surface area contributed by atoms with Gasteiger partial charge < -0.3 is 14.9 Å². The zero-order chi connectivity index (χ0) is 13.9. The molecule has 0 radical (unpaired) electrons. The lowest BCUT2D eigenvalue weighted by Gasteiger charge is -2.16. The Bertz CT molecular complexity index is 472. The molecule has 2 atom stereocenters. The highest BCUT2D eigenvalue weighted by molar-refractivity contribution is 6.31. The van der Waals surface area contributed by atoms with Crippen LogP contribution in [-0.4, -0.2) is 29.1 Å². The summed E-state index contributed by atoms with van der Waals surface area (Å²) < 4.78 is 4.98. The Balaban J connectivity index is 3.33. The van der Waals surface area contributed by atoms with Crippen molar-refractivity contribution >= 4 is 23.4 Å². The summed E-state index contributed by atoms with van der Waals surface area (Å²) in [5, 5.41) is 17.3. The van der Waals surface area contributed by atoms with Gasteiger partial charge in [-0.2, -0.15) is 0 Å². The maximum absolute atomic E-state index is 11.3. The SMILES string of the molecule is COc1ccc(C(O)C(=O)O)c(C(Cl)C(C)=O)c1. The number of aliphatic hydroxyl groups is 1. The second kappa shape index (κ2) is 5.84. The molecule has 1 aromatic carbocycles. The molecular formula is C12H13ClO5. The van der Waals surface area contributed by atoms with Crippen molar-refractivity contribution in [2.45, 2.75) is 18.4 Å². The molecule has 0 aliphatic carbocycles. The van der Waals surface area contributed by atoms with Crippen LogP contribution >= 0.6 is 11.6 Å². The van der Waals surface area contributed by atoms with Crippen molar-refractivity contribution in [2.24, 2.45) is 0 Å². The first-order chi connectivity index (χ1) is 8.38. The Kier molecular flexibility index (Phi) is 4.69. The third-order valence-electron chi connectivity index (χ3n) is 2.45. The van der Waals surface area contributed by atoms with E-state index in [1.54, 1.807) is 0 Å². The van der Waals surface area contributed by atoms with E-state index in [1.807, 2.05) is 0 Å². The van der Waals surface area contributed by atoms with Gasteiger partial charge in [0.15, 0.2) is 11.9 Å². The number of halogens is 1. The summed E-state index contributed by atoms with van der Waals surface area (Å²) in [6.07, 6.45) is -1.73. The summed E-state index contributed by atoms with van der Waals surface area (Å²) in [6.45, 7) is 1.29. The van der Waals surface area contributed by atoms with Crippen LogP contribution in [0.3, 0.4) is 0 Å². The highest BCUT2D eigenvalue weighted by Crippen LogP contribution is 2.32. The maximum Gasteiger partial charge on any atom is 0.337 e. The van der Waals surface area contributed by atoms with Gasteiger partial charge in [0, 0.05) is 0 Å². The fraction of sp³-hybridized carbons (Fsp3) is 0.333. The molecule has 0 fully saturated rings. The third kappa shape index (κ3) is 3.00. The summed E-state index contributed by atoms with van der Waals surface area (Å²) in [5.74, 6) is -1.32. The number of methoxy groups -OCH3 is 1.